The zero-order valence-corrected chi connectivity index (χ0v) is 18.5. The number of thioether (sulfide) groups is 1. The summed E-state index contributed by atoms with van der Waals surface area (Å²) in [7, 11) is 1.84. The predicted octanol–water partition coefficient (Wildman–Crippen LogP) is 5.23. The number of thiazole rings is 1. The summed E-state index contributed by atoms with van der Waals surface area (Å²) in [4.78, 5) is 30.3. The lowest BCUT2D eigenvalue weighted by molar-refractivity contribution is -0.128. The molecular formula is C20H20N4OS3. The highest BCUT2D eigenvalue weighted by Gasteiger charge is 2.21. The van der Waals surface area contributed by atoms with Crippen LogP contribution in [0.2, 0.25) is 0 Å². The van der Waals surface area contributed by atoms with Crippen LogP contribution in [0, 0.1) is 13.8 Å². The number of para-hydroxylation sites is 1. The lowest BCUT2D eigenvalue weighted by Crippen LogP contribution is -2.31. The number of carbonyl (C=O) groups excluding carboxylic acids is 1. The first-order valence-corrected chi connectivity index (χ1v) is 11.5. The van der Waals surface area contributed by atoms with Gasteiger partial charge in [0.05, 0.1) is 22.0 Å². The first kappa shape index (κ1) is 19.3. The maximum absolute atomic E-state index is 12.8. The molecule has 0 saturated carbocycles. The molecular weight excluding hydrogens is 408 g/mol. The molecule has 0 spiro atoms. The number of aryl methyl sites for hydroxylation is 2. The summed E-state index contributed by atoms with van der Waals surface area (Å²) in [6, 6.07) is 7.99. The van der Waals surface area contributed by atoms with Gasteiger partial charge in [-0.25, -0.2) is 15.0 Å². The number of hydrogen-bond donors (Lipinski definition) is 0. The van der Waals surface area contributed by atoms with E-state index in [1.165, 1.54) is 22.2 Å². The van der Waals surface area contributed by atoms with E-state index in [0.717, 1.165) is 30.5 Å². The van der Waals surface area contributed by atoms with E-state index < -0.39 is 0 Å². The Labute approximate surface area is 175 Å². The van der Waals surface area contributed by atoms with Crippen LogP contribution < -0.4 is 0 Å². The van der Waals surface area contributed by atoms with Gasteiger partial charge in [-0.1, -0.05) is 23.9 Å². The van der Waals surface area contributed by atoms with Crippen LogP contribution >= 0.6 is 34.4 Å². The van der Waals surface area contributed by atoms with E-state index in [1.807, 2.05) is 32.2 Å². The molecule has 0 unspecified atom stereocenters. The molecule has 0 aliphatic rings. The van der Waals surface area contributed by atoms with Crippen LogP contribution in [-0.4, -0.2) is 38.6 Å². The van der Waals surface area contributed by atoms with Crippen molar-refractivity contribution < 1.29 is 4.79 Å². The molecule has 144 valence electrons. The molecule has 0 aliphatic heterocycles. The molecule has 8 heteroatoms. The SMILES string of the molecule is Cc1sc2ncnc(SCC(=O)N(C)[C@@H](C)c3nc4ccccc4s3)c2c1C. The third kappa shape index (κ3) is 3.52. The number of rotatable bonds is 5. The van der Waals surface area contributed by atoms with Crippen molar-refractivity contribution in [1.29, 1.82) is 0 Å². The molecule has 4 aromatic rings. The van der Waals surface area contributed by atoms with E-state index >= 15 is 0 Å². The Balaban J connectivity index is 1.49. The molecule has 0 saturated heterocycles. The Morgan fingerprint density at radius 1 is 1.21 bits per heavy atom. The summed E-state index contributed by atoms with van der Waals surface area (Å²) >= 11 is 4.79. The molecule has 0 N–H and O–H groups in total. The van der Waals surface area contributed by atoms with E-state index in [0.29, 0.717) is 5.75 Å². The third-order valence-corrected chi connectivity index (χ3v) is 8.20. The van der Waals surface area contributed by atoms with E-state index in [2.05, 4.69) is 34.9 Å². The van der Waals surface area contributed by atoms with Gasteiger partial charge in [-0.3, -0.25) is 4.79 Å². The molecule has 5 nitrogen and oxygen atoms in total. The minimum atomic E-state index is -0.0685. The molecule has 0 bridgehead atoms. The van der Waals surface area contributed by atoms with Crippen molar-refractivity contribution in [1.82, 2.24) is 19.9 Å². The lowest BCUT2D eigenvalue weighted by atomic mass is 10.2. The Morgan fingerprint density at radius 3 is 2.79 bits per heavy atom. The van der Waals surface area contributed by atoms with Crippen molar-refractivity contribution in [3.8, 4) is 0 Å². The van der Waals surface area contributed by atoms with Gasteiger partial charge >= 0.3 is 0 Å². The van der Waals surface area contributed by atoms with Crippen LogP contribution in [0.3, 0.4) is 0 Å². The smallest absolute Gasteiger partial charge is 0.233 e. The largest absolute Gasteiger partial charge is 0.336 e. The number of carbonyl (C=O) groups is 1. The fraction of sp³-hybridized carbons (Fsp3) is 0.300. The maximum Gasteiger partial charge on any atom is 0.233 e. The van der Waals surface area contributed by atoms with E-state index in [9.17, 15) is 4.79 Å². The van der Waals surface area contributed by atoms with E-state index in [1.54, 1.807) is 33.9 Å². The molecule has 1 atom stereocenters. The van der Waals surface area contributed by atoms with Crippen molar-refractivity contribution in [2.75, 3.05) is 12.8 Å². The van der Waals surface area contributed by atoms with E-state index in [4.69, 9.17) is 0 Å². The molecule has 4 rings (SSSR count). The Morgan fingerprint density at radius 2 is 2.00 bits per heavy atom. The molecule has 28 heavy (non-hydrogen) atoms. The van der Waals surface area contributed by atoms with Crippen molar-refractivity contribution in [2.45, 2.75) is 31.8 Å². The molecule has 1 aromatic carbocycles. The van der Waals surface area contributed by atoms with Gasteiger partial charge in [0.2, 0.25) is 5.91 Å². The average Bonchev–Trinajstić information content (AvgIpc) is 3.26. The fourth-order valence-electron chi connectivity index (χ4n) is 2.94. The standard InChI is InChI=1S/C20H20N4OS3/c1-11-13(3)27-20-17(11)19(21-10-22-20)26-9-16(25)24(4)12(2)18-23-14-7-5-6-8-15(14)28-18/h5-8,10,12H,9H2,1-4H3/t12-/m0/s1. The fourth-order valence-corrected chi connectivity index (χ4v) is 6.05. The maximum atomic E-state index is 12.8. The number of hydrogen-bond acceptors (Lipinski definition) is 7. The summed E-state index contributed by atoms with van der Waals surface area (Å²) in [5, 5.41) is 2.90. The average molecular weight is 429 g/mol. The highest BCUT2D eigenvalue weighted by atomic mass is 32.2. The van der Waals surface area contributed by atoms with Crippen molar-refractivity contribution in [3.05, 3.63) is 46.0 Å². The molecule has 1 amide bonds. The Hall–Kier alpha value is -2.03. The monoisotopic (exact) mass is 428 g/mol. The molecule has 3 heterocycles. The molecule has 3 aromatic heterocycles. The lowest BCUT2D eigenvalue weighted by Gasteiger charge is -2.23. The normalized spacial score (nSPS) is 12.6. The highest BCUT2D eigenvalue weighted by Crippen LogP contribution is 2.35. The number of thiophene rings is 1. The second-order valence-electron chi connectivity index (χ2n) is 6.63. The van der Waals surface area contributed by atoms with Crippen molar-refractivity contribution in [2.24, 2.45) is 0 Å². The van der Waals surface area contributed by atoms with Gasteiger partial charge in [-0.2, -0.15) is 0 Å². The second-order valence-corrected chi connectivity index (χ2v) is 9.86. The zero-order valence-electron chi connectivity index (χ0n) is 16.1. The van der Waals surface area contributed by atoms with Crippen molar-refractivity contribution in [3.63, 3.8) is 0 Å². The number of aromatic nitrogens is 3. The highest BCUT2D eigenvalue weighted by molar-refractivity contribution is 8.00. The topological polar surface area (TPSA) is 59.0 Å². The van der Waals surface area contributed by atoms with Gasteiger partial charge in [0, 0.05) is 17.3 Å². The minimum Gasteiger partial charge on any atom is -0.336 e. The quantitative estimate of drug-likeness (QED) is 0.322. The van der Waals surface area contributed by atoms with Gasteiger partial charge < -0.3 is 4.90 Å². The van der Waals surface area contributed by atoms with Crippen LogP contribution in [0.5, 0.6) is 0 Å². The molecule has 0 radical (unpaired) electrons. The Kier molecular flexibility index (Phi) is 5.35. The van der Waals surface area contributed by atoms with Crippen LogP contribution in [0.15, 0.2) is 35.6 Å². The second kappa shape index (κ2) is 7.77. The minimum absolute atomic E-state index is 0.0631. The van der Waals surface area contributed by atoms with Crippen molar-refractivity contribution >= 4 is 60.8 Å². The third-order valence-electron chi connectivity index (χ3n) is 4.91. The molecule has 0 fully saturated rings. The van der Waals surface area contributed by atoms with Gasteiger partial charge in [0.1, 0.15) is 21.2 Å². The summed E-state index contributed by atoms with van der Waals surface area (Å²) in [5.41, 5.74) is 2.18. The number of nitrogens with zero attached hydrogens (tertiary/aromatic N) is 4. The van der Waals surface area contributed by atoms with Crippen LogP contribution in [-0.2, 0) is 4.79 Å². The zero-order chi connectivity index (χ0) is 19.8. The summed E-state index contributed by atoms with van der Waals surface area (Å²) in [6.07, 6.45) is 1.58. The van der Waals surface area contributed by atoms with Gasteiger partial charge in [-0.15, -0.1) is 22.7 Å². The van der Waals surface area contributed by atoms with Crippen LogP contribution in [0.25, 0.3) is 20.4 Å². The number of amides is 1. The first-order chi connectivity index (χ1) is 13.5. The molecule has 0 aliphatic carbocycles. The van der Waals surface area contributed by atoms with Gasteiger partial charge in [0.15, 0.2) is 0 Å². The Bertz CT molecular complexity index is 1130. The van der Waals surface area contributed by atoms with Crippen LogP contribution in [0.1, 0.15) is 28.4 Å². The van der Waals surface area contributed by atoms with Crippen LogP contribution in [0.4, 0.5) is 0 Å². The van der Waals surface area contributed by atoms with E-state index in [-0.39, 0.29) is 11.9 Å². The van der Waals surface area contributed by atoms with Gasteiger partial charge in [0.25, 0.3) is 0 Å². The number of benzene rings is 1. The summed E-state index contributed by atoms with van der Waals surface area (Å²) in [6.45, 7) is 6.20. The number of fused-ring (bicyclic) bond motifs is 2. The summed E-state index contributed by atoms with van der Waals surface area (Å²) < 4.78 is 1.14. The summed E-state index contributed by atoms with van der Waals surface area (Å²) in [5.74, 6) is 0.403. The van der Waals surface area contributed by atoms with Gasteiger partial charge in [-0.05, 0) is 38.5 Å². The predicted molar refractivity (Wildman–Crippen MR) is 118 cm³/mol. The first-order valence-electron chi connectivity index (χ1n) is 8.90.